The number of hydrogen-bond acceptors (Lipinski definition) is 5. The molecule has 1 heterocycles. The molecular weight excluding hydrogens is 360 g/mol. The number of carbonyl (C=O) groups excluding carboxylic acids is 1. The van der Waals surface area contributed by atoms with Crippen molar-refractivity contribution in [2.75, 3.05) is 45.2 Å². The molecule has 0 bridgehead atoms. The molecule has 0 unspecified atom stereocenters. The topological polar surface area (TPSA) is 97.9 Å². The van der Waals surface area contributed by atoms with Gasteiger partial charge in [0.1, 0.15) is 31.4 Å². The number of nitro benzene ring substituents is 1. The normalized spacial score (nSPS) is 15.6. The number of anilines is 1. The maximum Gasteiger partial charge on any atom is 0.293 e. The van der Waals surface area contributed by atoms with E-state index in [2.05, 4.69) is 10.6 Å². The molecule has 0 aliphatic carbocycles. The van der Waals surface area contributed by atoms with Crippen molar-refractivity contribution in [3.63, 3.8) is 0 Å². The van der Waals surface area contributed by atoms with Gasteiger partial charge in [-0.1, -0.05) is 30.3 Å². The standard InChI is InChI=1S/C20H24N4O4/c1-21-17-8-7-16(13-19(17)24(26)27)20(25)22-18(15-5-3-2-4-6-15)14-23-9-11-28-12-10-23/h2-8,13,18,21H,9-12,14H2,1H3,(H,22,25)/p+1/t18-/m1/s1. The van der Waals surface area contributed by atoms with Crippen molar-refractivity contribution in [3.05, 3.63) is 69.8 Å². The van der Waals surface area contributed by atoms with Crippen LogP contribution in [-0.4, -0.2) is 50.7 Å². The number of ether oxygens (including phenoxy) is 1. The fourth-order valence-electron chi connectivity index (χ4n) is 3.37. The summed E-state index contributed by atoms with van der Waals surface area (Å²) in [4.78, 5) is 25.0. The minimum atomic E-state index is -0.491. The Balaban J connectivity index is 1.80. The number of benzene rings is 2. The van der Waals surface area contributed by atoms with Gasteiger partial charge in [0.25, 0.3) is 11.6 Å². The molecule has 8 heteroatoms. The van der Waals surface area contributed by atoms with E-state index >= 15 is 0 Å². The summed E-state index contributed by atoms with van der Waals surface area (Å²) in [5.41, 5.74) is 1.53. The summed E-state index contributed by atoms with van der Waals surface area (Å²) in [7, 11) is 1.61. The van der Waals surface area contributed by atoms with Crippen molar-refractivity contribution in [3.8, 4) is 0 Å². The molecule has 2 aromatic rings. The summed E-state index contributed by atoms with van der Waals surface area (Å²) < 4.78 is 5.42. The highest BCUT2D eigenvalue weighted by Crippen LogP contribution is 2.25. The minimum absolute atomic E-state index is 0.120. The van der Waals surface area contributed by atoms with Crippen LogP contribution in [0.3, 0.4) is 0 Å². The Morgan fingerprint density at radius 2 is 1.93 bits per heavy atom. The molecule has 3 N–H and O–H groups in total. The van der Waals surface area contributed by atoms with Crippen molar-refractivity contribution in [2.24, 2.45) is 0 Å². The summed E-state index contributed by atoms with van der Waals surface area (Å²) in [5.74, 6) is -0.327. The van der Waals surface area contributed by atoms with E-state index in [0.29, 0.717) is 18.9 Å². The van der Waals surface area contributed by atoms with E-state index in [9.17, 15) is 14.9 Å². The highest BCUT2D eigenvalue weighted by atomic mass is 16.6. The zero-order valence-corrected chi connectivity index (χ0v) is 15.8. The van der Waals surface area contributed by atoms with E-state index in [4.69, 9.17) is 4.74 Å². The first-order valence-corrected chi connectivity index (χ1v) is 9.32. The third-order valence-corrected chi connectivity index (χ3v) is 4.93. The average Bonchev–Trinajstić information content (AvgIpc) is 2.74. The van der Waals surface area contributed by atoms with Gasteiger partial charge >= 0.3 is 0 Å². The third-order valence-electron chi connectivity index (χ3n) is 4.93. The zero-order chi connectivity index (χ0) is 19.9. The van der Waals surface area contributed by atoms with Crippen LogP contribution >= 0.6 is 0 Å². The van der Waals surface area contributed by atoms with Crippen LogP contribution in [0.15, 0.2) is 48.5 Å². The molecule has 1 fully saturated rings. The lowest BCUT2D eigenvalue weighted by molar-refractivity contribution is -0.909. The van der Waals surface area contributed by atoms with Gasteiger partial charge < -0.3 is 20.3 Å². The first-order chi connectivity index (χ1) is 13.6. The van der Waals surface area contributed by atoms with E-state index in [1.807, 2.05) is 30.3 Å². The Bertz CT molecular complexity index is 822. The molecule has 28 heavy (non-hydrogen) atoms. The third kappa shape index (κ3) is 4.85. The first kappa shape index (κ1) is 19.8. The zero-order valence-electron chi connectivity index (χ0n) is 15.8. The van der Waals surface area contributed by atoms with Gasteiger partial charge in [-0.05, 0) is 17.7 Å². The van der Waals surface area contributed by atoms with E-state index in [1.165, 1.54) is 11.0 Å². The molecule has 2 aromatic carbocycles. The van der Waals surface area contributed by atoms with Gasteiger partial charge in [0.15, 0.2) is 0 Å². The van der Waals surface area contributed by atoms with E-state index < -0.39 is 4.92 Å². The summed E-state index contributed by atoms with van der Waals surface area (Å²) in [6, 6.07) is 14.1. The number of nitrogens with zero attached hydrogens (tertiary/aromatic N) is 1. The Kier molecular flexibility index (Phi) is 6.57. The number of quaternary nitrogens is 1. The highest BCUT2D eigenvalue weighted by Gasteiger charge is 2.24. The van der Waals surface area contributed by atoms with E-state index in [0.717, 1.165) is 25.2 Å². The second-order valence-corrected chi connectivity index (χ2v) is 6.74. The molecule has 8 nitrogen and oxygen atoms in total. The maximum absolute atomic E-state index is 12.9. The molecule has 1 amide bonds. The molecule has 0 spiro atoms. The van der Waals surface area contributed by atoms with Gasteiger partial charge in [0.2, 0.25) is 0 Å². The number of rotatable bonds is 7. The second kappa shape index (κ2) is 9.29. The smallest absolute Gasteiger partial charge is 0.293 e. The molecule has 148 valence electrons. The van der Waals surface area contributed by atoms with Crippen LogP contribution in [0.1, 0.15) is 22.0 Å². The van der Waals surface area contributed by atoms with Crippen molar-refractivity contribution >= 4 is 17.3 Å². The van der Waals surface area contributed by atoms with Crippen LogP contribution in [0.2, 0.25) is 0 Å². The lowest BCUT2D eigenvalue weighted by atomic mass is 10.0. The van der Waals surface area contributed by atoms with Crippen LogP contribution < -0.4 is 15.5 Å². The SMILES string of the molecule is CNc1ccc(C(=O)N[C@H](C[NH+]2CCOCC2)c2ccccc2)cc1[N+](=O)[O-]. The van der Waals surface area contributed by atoms with Crippen molar-refractivity contribution in [2.45, 2.75) is 6.04 Å². The molecule has 1 saturated heterocycles. The predicted octanol–water partition coefficient (Wildman–Crippen LogP) is 1.02. The lowest BCUT2D eigenvalue weighted by Crippen LogP contribution is -3.14. The minimum Gasteiger partial charge on any atom is -0.383 e. The summed E-state index contributed by atoms with van der Waals surface area (Å²) in [6.07, 6.45) is 0. The molecule has 0 radical (unpaired) electrons. The number of nitrogens with one attached hydrogen (secondary N) is 3. The summed E-state index contributed by atoms with van der Waals surface area (Å²) >= 11 is 0. The van der Waals surface area contributed by atoms with Gasteiger partial charge in [-0.2, -0.15) is 0 Å². The Labute approximate surface area is 163 Å². The van der Waals surface area contributed by atoms with E-state index in [-0.39, 0.29) is 23.2 Å². The number of hydrogen-bond donors (Lipinski definition) is 3. The van der Waals surface area contributed by atoms with Gasteiger partial charge in [-0.15, -0.1) is 0 Å². The Hall–Kier alpha value is -2.97. The van der Waals surface area contributed by atoms with Gasteiger partial charge in [0.05, 0.1) is 18.1 Å². The van der Waals surface area contributed by atoms with Gasteiger partial charge in [-0.25, -0.2) is 0 Å². The van der Waals surface area contributed by atoms with Crippen LogP contribution in [0.5, 0.6) is 0 Å². The van der Waals surface area contributed by atoms with Crippen LogP contribution in [0, 0.1) is 10.1 Å². The van der Waals surface area contributed by atoms with Gasteiger partial charge in [-0.3, -0.25) is 14.9 Å². The van der Waals surface area contributed by atoms with E-state index in [1.54, 1.807) is 19.2 Å². The monoisotopic (exact) mass is 385 g/mol. The summed E-state index contributed by atoms with van der Waals surface area (Å²) in [6.45, 7) is 3.93. The molecule has 1 atom stereocenters. The fraction of sp³-hybridized carbons (Fsp3) is 0.350. The molecule has 0 saturated carbocycles. The number of amides is 1. The van der Waals surface area contributed by atoms with Crippen molar-refractivity contribution < 1.29 is 19.4 Å². The molecule has 1 aliphatic heterocycles. The quantitative estimate of drug-likeness (QED) is 0.488. The number of morpholine rings is 1. The fourth-order valence-corrected chi connectivity index (χ4v) is 3.37. The molecule has 1 aliphatic rings. The van der Waals surface area contributed by atoms with Crippen molar-refractivity contribution in [1.29, 1.82) is 0 Å². The molecule has 3 rings (SSSR count). The highest BCUT2D eigenvalue weighted by molar-refractivity contribution is 5.96. The molecule has 0 aromatic heterocycles. The maximum atomic E-state index is 12.9. The predicted molar refractivity (Wildman–Crippen MR) is 106 cm³/mol. The number of nitro groups is 1. The second-order valence-electron chi connectivity index (χ2n) is 6.74. The largest absolute Gasteiger partial charge is 0.383 e. The lowest BCUT2D eigenvalue weighted by Gasteiger charge is -2.28. The molecular formula is C20H25N4O4+. The van der Waals surface area contributed by atoms with Crippen LogP contribution in [0.25, 0.3) is 0 Å². The van der Waals surface area contributed by atoms with Crippen LogP contribution in [0.4, 0.5) is 11.4 Å². The summed E-state index contributed by atoms with van der Waals surface area (Å²) in [5, 5.41) is 17.1. The van der Waals surface area contributed by atoms with Crippen molar-refractivity contribution in [1.82, 2.24) is 5.32 Å². The van der Waals surface area contributed by atoms with Gasteiger partial charge in [0, 0.05) is 18.7 Å². The Morgan fingerprint density at radius 1 is 1.21 bits per heavy atom. The first-order valence-electron chi connectivity index (χ1n) is 9.32. The average molecular weight is 385 g/mol. The Morgan fingerprint density at radius 3 is 2.57 bits per heavy atom. The van der Waals surface area contributed by atoms with Crippen LogP contribution in [-0.2, 0) is 4.74 Å². The number of carbonyl (C=O) groups is 1.